The zero-order valence-electron chi connectivity index (χ0n) is 13.0. The minimum absolute atomic E-state index is 0. The summed E-state index contributed by atoms with van der Waals surface area (Å²) in [6, 6.07) is 14.2. The number of hydrogen-bond acceptors (Lipinski definition) is 3. The van der Waals surface area contributed by atoms with Gasteiger partial charge in [-0.1, -0.05) is 30.3 Å². The number of fused-ring (bicyclic) bond motifs is 1. The van der Waals surface area contributed by atoms with Gasteiger partial charge < -0.3 is 26.8 Å². The summed E-state index contributed by atoms with van der Waals surface area (Å²) in [6.45, 7) is 0.574. The Bertz CT molecular complexity index is 873. The van der Waals surface area contributed by atoms with E-state index in [-0.39, 0.29) is 23.6 Å². The fraction of sp³-hybridized carbons (Fsp3) is 0.167. The van der Waals surface area contributed by atoms with Crippen LogP contribution in [0, 0.1) is 0 Å². The minimum atomic E-state index is -0.102. The average molecular weight is 332 g/mol. The topological polar surface area (TPSA) is 54.9 Å². The second-order valence-electron chi connectivity index (χ2n) is 5.66. The van der Waals surface area contributed by atoms with Gasteiger partial charge in [-0.3, -0.25) is 4.79 Å². The first-order valence-corrected chi connectivity index (χ1v) is 7.19. The molecule has 23 heavy (non-hydrogen) atoms. The molecule has 0 radical (unpaired) electrons. The van der Waals surface area contributed by atoms with Crippen molar-refractivity contribution in [2.24, 2.45) is 0 Å². The Morgan fingerprint density at radius 3 is 2.43 bits per heavy atom. The summed E-state index contributed by atoms with van der Waals surface area (Å²) < 4.78 is 5.97. The highest BCUT2D eigenvalue weighted by atomic mass is 35.5. The predicted molar refractivity (Wildman–Crippen MR) is 86.1 cm³/mol. The van der Waals surface area contributed by atoms with E-state index in [1.807, 2.05) is 44.4 Å². The van der Waals surface area contributed by atoms with E-state index in [0.29, 0.717) is 28.8 Å². The number of halogens is 1. The van der Waals surface area contributed by atoms with Crippen molar-refractivity contribution in [1.82, 2.24) is 0 Å². The van der Waals surface area contributed by atoms with E-state index in [2.05, 4.69) is 0 Å². The quantitative estimate of drug-likeness (QED) is 0.635. The second-order valence-corrected chi connectivity index (χ2v) is 5.66. The monoisotopic (exact) mass is 331 g/mol. The Kier molecular flexibility index (Phi) is 5.08. The molecule has 2 N–H and O–H groups in total. The maximum absolute atomic E-state index is 12.4. The molecular formula is C18H18ClNO3. The van der Waals surface area contributed by atoms with Gasteiger partial charge in [0.05, 0.1) is 25.0 Å². The van der Waals surface area contributed by atoms with Crippen LogP contribution in [-0.2, 0) is 6.54 Å². The molecule has 0 saturated heterocycles. The van der Waals surface area contributed by atoms with Crippen LogP contribution in [0.15, 0.2) is 57.7 Å². The van der Waals surface area contributed by atoms with E-state index in [9.17, 15) is 9.90 Å². The number of hydrogen-bond donors (Lipinski definition) is 2. The third-order valence-corrected chi connectivity index (χ3v) is 3.56. The van der Waals surface area contributed by atoms with E-state index in [4.69, 9.17) is 4.42 Å². The standard InChI is InChI=1S/C18H17NO3.ClH/c1-19(2)11-14-15(20)9-8-13-16(21)10-17(22-18(13)14)12-6-4-3-5-7-12;/h3-10,20H,11H2,1-2H3;1H. The molecule has 0 atom stereocenters. The number of quaternary nitrogens is 1. The highest BCUT2D eigenvalue weighted by Gasteiger charge is 2.16. The lowest BCUT2D eigenvalue weighted by atomic mass is 10.1. The van der Waals surface area contributed by atoms with Crippen LogP contribution in [0.3, 0.4) is 0 Å². The van der Waals surface area contributed by atoms with Gasteiger partial charge in [-0.05, 0) is 12.1 Å². The number of nitrogens with one attached hydrogen (secondary N) is 1. The van der Waals surface area contributed by atoms with E-state index < -0.39 is 0 Å². The fourth-order valence-corrected chi connectivity index (χ4v) is 2.53. The SMILES string of the molecule is C[NH+](C)Cc1c(O)ccc2c(=O)cc(-c3ccccc3)oc12.[Cl-]. The summed E-state index contributed by atoms with van der Waals surface area (Å²) in [5.41, 5.74) is 1.86. The Hall–Kier alpha value is -2.30. The molecule has 0 spiro atoms. The van der Waals surface area contributed by atoms with Crippen LogP contribution in [0.25, 0.3) is 22.3 Å². The Balaban J connectivity index is 0.00000192. The summed E-state index contributed by atoms with van der Waals surface area (Å²) in [6.07, 6.45) is 0. The molecule has 0 bridgehead atoms. The number of phenols is 1. The molecule has 0 aliphatic heterocycles. The summed E-state index contributed by atoms with van der Waals surface area (Å²) in [7, 11) is 3.97. The van der Waals surface area contributed by atoms with Crippen LogP contribution in [-0.4, -0.2) is 19.2 Å². The van der Waals surface area contributed by atoms with Gasteiger partial charge in [-0.15, -0.1) is 0 Å². The van der Waals surface area contributed by atoms with Crippen molar-refractivity contribution in [1.29, 1.82) is 0 Å². The normalized spacial score (nSPS) is 10.7. The number of rotatable bonds is 3. The van der Waals surface area contributed by atoms with Crippen molar-refractivity contribution in [3.8, 4) is 17.1 Å². The molecule has 0 aliphatic carbocycles. The van der Waals surface area contributed by atoms with Gasteiger partial charge in [0.2, 0.25) is 0 Å². The molecule has 120 valence electrons. The van der Waals surface area contributed by atoms with Gasteiger partial charge in [-0.2, -0.15) is 0 Å². The van der Waals surface area contributed by atoms with Gasteiger partial charge in [0.1, 0.15) is 18.1 Å². The lowest BCUT2D eigenvalue weighted by Gasteiger charge is -2.12. The first kappa shape index (κ1) is 17.1. The maximum Gasteiger partial charge on any atom is 0.193 e. The molecule has 1 heterocycles. The van der Waals surface area contributed by atoms with Crippen LogP contribution >= 0.6 is 0 Å². The van der Waals surface area contributed by atoms with Crippen molar-refractivity contribution >= 4 is 11.0 Å². The van der Waals surface area contributed by atoms with Crippen LogP contribution < -0.4 is 22.7 Å². The molecular weight excluding hydrogens is 314 g/mol. The summed E-state index contributed by atoms with van der Waals surface area (Å²) >= 11 is 0. The number of aromatic hydroxyl groups is 1. The zero-order chi connectivity index (χ0) is 15.7. The number of phenolic OH excluding ortho intramolecular Hbond substituents is 1. The zero-order valence-corrected chi connectivity index (χ0v) is 13.7. The smallest absolute Gasteiger partial charge is 0.193 e. The predicted octanol–water partition coefficient (Wildman–Crippen LogP) is -1.19. The molecule has 0 saturated carbocycles. The molecule has 0 fully saturated rings. The maximum atomic E-state index is 12.4. The van der Waals surface area contributed by atoms with Gasteiger partial charge >= 0.3 is 0 Å². The molecule has 3 rings (SSSR count). The van der Waals surface area contributed by atoms with Gasteiger partial charge in [0.25, 0.3) is 0 Å². The molecule has 0 amide bonds. The molecule has 4 nitrogen and oxygen atoms in total. The highest BCUT2D eigenvalue weighted by molar-refractivity contribution is 5.83. The number of benzene rings is 2. The summed E-state index contributed by atoms with van der Waals surface area (Å²) in [4.78, 5) is 13.5. The average Bonchev–Trinajstić information content (AvgIpc) is 2.50. The van der Waals surface area contributed by atoms with Crippen LogP contribution in [0.2, 0.25) is 0 Å². The van der Waals surface area contributed by atoms with Gasteiger partial charge in [0, 0.05) is 11.6 Å². The Labute approximate surface area is 140 Å². The first-order valence-electron chi connectivity index (χ1n) is 7.19. The van der Waals surface area contributed by atoms with E-state index in [0.717, 1.165) is 10.5 Å². The highest BCUT2D eigenvalue weighted by Crippen LogP contribution is 2.28. The van der Waals surface area contributed by atoms with Crippen molar-refractivity contribution in [3.05, 3.63) is 64.3 Å². The lowest BCUT2D eigenvalue weighted by Crippen LogP contribution is -3.04. The molecule has 1 aromatic heterocycles. The van der Waals surface area contributed by atoms with Gasteiger partial charge in [-0.25, -0.2) is 0 Å². The van der Waals surface area contributed by atoms with E-state index in [1.54, 1.807) is 12.1 Å². The van der Waals surface area contributed by atoms with E-state index in [1.165, 1.54) is 6.07 Å². The van der Waals surface area contributed by atoms with Crippen LogP contribution in [0.4, 0.5) is 0 Å². The van der Waals surface area contributed by atoms with E-state index >= 15 is 0 Å². The summed E-state index contributed by atoms with van der Waals surface area (Å²) in [5.74, 6) is 0.667. The molecule has 3 aromatic rings. The van der Waals surface area contributed by atoms with Crippen molar-refractivity contribution in [2.75, 3.05) is 14.1 Å². The molecule has 2 aromatic carbocycles. The largest absolute Gasteiger partial charge is 1.00 e. The van der Waals surface area contributed by atoms with Crippen molar-refractivity contribution in [2.45, 2.75) is 6.54 Å². The Morgan fingerprint density at radius 2 is 1.78 bits per heavy atom. The molecule has 0 aliphatic rings. The fourth-order valence-electron chi connectivity index (χ4n) is 2.53. The van der Waals surface area contributed by atoms with Gasteiger partial charge in [0.15, 0.2) is 11.0 Å². The summed E-state index contributed by atoms with van der Waals surface area (Å²) in [5, 5.41) is 10.6. The second kappa shape index (κ2) is 6.86. The first-order chi connectivity index (χ1) is 10.6. The van der Waals surface area contributed by atoms with Crippen molar-refractivity contribution in [3.63, 3.8) is 0 Å². The van der Waals surface area contributed by atoms with Crippen molar-refractivity contribution < 1.29 is 26.8 Å². The lowest BCUT2D eigenvalue weighted by molar-refractivity contribution is -0.872. The minimum Gasteiger partial charge on any atom is -1.00 e. The van der Waals surface area contributed by atoms with Crippen LogP contribution in [0.1, 0.15) is 5.56 Å². The molecule has 0 unspecified atom stereocenters. The molecule has 5 heteroatoms. The van der Waals surface area contributed by atoms with Crippen LogP contribution in [0.5, 0.6) is 5.75 Å². The third-order valence-electron chi connectivity index (χ3n) is 3.56. The Morgan fingerprint density at radius 1 is 1.09 bits per heavy atom. The third kappa shape index (κ3) is 3.38.